The summed E-state index contributed by atoms with van der Waals surface area (Å²) in [5.74, 6) is 0. The molecule has 0 saturated heterocycles. The van der Waals surface area contributed by atoms with Crippen LogP contribution in [0.15, 0.2) is 0 Å². The van der Waals surface area contributed by atoms with Gasteiger partial charge >= 0.3 is 0 Å². The summed E-state index contributed by atoms with van der Waals surface area (Å²) in [5.41, 5.74) is 0. The van der Waals surface area contributed by atoms with Crippen molar-refractivity contribution in [2.45, 2.75) is 0 Å². The molecule has 0 saturated carbocycles. The second kappa shape index (κ2) is 4.05. The number of hydrogen-bond acceptors (Lipinski definition) is 1. The monoisotopic (exact) mass is 194 g/mol. The summed E-state index contributed by atoms with van der Waals surface area (Å²) in [5, 5.41) is 0. The quantitative estimate of drug-likeness (QED) is 0.456. The molecule has 0 amide bonds. The van der Waals surface area contributed by atoms with Crippen molar-refractivity contribution in [3.05, 3.63) is 0 Å². The lowest BCUT2D eigenvalue weighted by Crippen LogP contribution is -1.26. The average Bonchev–Trinajstić information content (AvgIpc) is 1.37. The summed E-state index contributed by atoms with van der Waals surface area (Å²) < 4.78 is 13.3. The maximum atomic E-state index is 10.2. The van der Waals surface area contributed by atoms with Crippen LogP contribution in [-0.4, -0.2) is 0 Å². The van der Waals surface area contributed by atoms with Crippen LogP contribution in [0, 0.1) is 0 Å². The van der Waals surface area contributed by atoms with Crippen LogP contribution >= 0.6 is 28.5 Å². The lowest BCUT2D eigenvalue weighted by atomic mass is 15.6. The zero-order valence-electron chi connectivity index (χ0n) is 1.66. The minimum Gasteiger partial charge on any atom is -0.166 e. The zero-order valence-corrected chi connectivity index (χ0v) is 4.82. The van der Waals surface area contributed by atoms with E-state index in [0.717, 1.165) is 0 Å². The molecule has 0 bridgehead atoms. The molecule has 4 heavy (non-hydrogen) atoms. The van der Waals surface area contributed by atoms with Gasteiger partial charge in [-0.3, -0.25) is 0 Å². The Bertz CT molecular complexity index is 10.0. The fourth-order valence-electron chi connectivity index (χ4n) is 0. The van der Waals surface area contributed by atoms with Crippen LogP contribution in [0.4, 0.5) is 4.53 Å². The average molecular weight is 194 g/mol. The predicted molar refractivity (Wildman–Crippen MR) is 24.5 cm³/mol. The van der Waals surface area contributed by atoms with E-state index in [9.17, 15) is 4.53 Å². The van der Waals surface area contributed by atoms with Crippen molar-refractivity contribution in [1.29, 1.82) is 0 Å². The molecule has 1 unspecified atom stereocenters. The van der Waals surface area contributed by atoms with E-state index < -0.39 is 0 Å². The van der Waals surface area contributed by atoms with Gasteiger partial charge in [0.25, 0.3) is 0 Å². The lowest BCUT2D eigenvalue weighted by Gasteiger charge is -1.65. The largest absolute Gasteiger partial charge is 0.166 e. The highest BCUT2D eigenvalue weighted by Gasteiger charge is 1.60. The first-order valence-electron chi connectivity index (χ1n) is 0.547. The topological polar surface area (TPSA) is 9.23 Å². The van der Waals surface area contributed by atoms with Gasteiger partial charge in [0.2, 0.25) is 0 Å². The van der Waals surface area contributed by atoms with E-state index in [4.69, 9.17) is 0 Å². The maximum Gasteiger partial charge on any atom is 0.127 e. The van der Waals surface area contributed by atoms with Gasteiger partial charge in [-0.1, -0.05) is 0 Å². The van der Waals surface area contributed by atoms with Gasteiger partial charge in [0.15, 0.2) is 0 Å². The molecule has 0 aliphatic heterocycles. The highest BCUT2D eigenvalue weighted by atomic mass is 127. The Kier molecular flexibility index (Phi) is 5.11. The van der Waals surface area contributed by atoms with E-state index >= 15 is 0 Å². The van der Waals surface area contributed by atoms with Crippen LogP contribution in [0.5, 0.6) is 0 Å². The molecular formula is HFIOP. The summed E-state index contributed by atoms with van der Waals surface area (Å²) >= 11 is 1.78. The number of rotatable bonds is 1. The van der Waals surface area contributed by atoms with Crippen molar-refractivity contribution in [3.8, 4) is 0 Å². The van der Waals surface area contributed by atoms with Crippen molar-refractivity contribution in [2.75, 3.05) is 0 Å². The third-order valence-electron chi connectivity index (χ3n) is 0.0292. The summed E-state index contributed by atoms with van der Waals surface area (Å²) in [6.45, 7) is -0.0562. The molecule has 0 aromatic carbocycles. The van der Waals surface area contributed by atoms with E-state index in [2.05, 4.69) is 4.73 Å². The van der Waals surface area contributed by atoms with Gasteiger partial charge in [0, 0.05) is 0 Å². The molecule has 0 rings (SSSR count). The molecular weight excluding hydrogens is 193 g/mol. The molecule has 0 spiro atoms. The van der Waals surface area contributed by atoms with Crippen LogP contribution in [0.3, 0.4) is 0 Å². The first-order valence-corrected chi connectivity index (χ1v) is 4.57. The molecule has 1 nitrogen and oxygen atoms in total. The van der Waals surface area contributed by atoms with Gasteiger partial charge in [-0.05, 0) is 26.6 Å². The lowest BCUT2D eigenvalue weighted by molar-refractivity contribution is 0.0198. The fraction of sp³-hybridized carbons (Fsp3) is 0. The van der Waals surface area contributed by atoms with Crippen molar-refractivity contribution in [3.63, 3.8) is 0 Å². The third-order valence-corrected chi connectivity index (χ3v) is 0.587. The molecule has 0 heterocycles. The van der Waals surface area contributed by atoms with Crippen molar-refractivity contribution in [1.82, 2.24) is 0 Å². The van der Waals surface area contributed by atoms with Crippen LogP contribution < -0.4 is 0 Å². The van der Waals surface area contributed by atoms with Crippen LogP contribution in [0.25, 0.3) is 0 Å². The van der Waals surface area contributed by atoms with Gasteiger partial charge in [-0.15, -0.1) is 0 Å². The van der Waals surface area contributed by atoms with Crippen molar-refractivity contribution >= 4 is 28.5 Å². The van der Waals surface area contributed by atoms with Crippen molar-refractivity contribution in [2.24, 2.45) is 0 Å². The van der Waals surface area contributed by atoms with Gasteiger partial charge in [-0.25, -0.2) is 0 Å². The standard InChI is InChI=1S/FHIOP/c1-3-4-2/h4H. The molecule has 0 N–H and O–H groups in total. The van der Waals surface area contributed by atoms with Crippen molar-refractivity contribution < 1.29 is 9.25 Å². The Balaban J connectivity index is 1.97. The summed E-state index contributed by atoms with van der Waals surface area (Å²) in [7, 11) is 0. The summed E-state index contributed by atoms with van der Waals surface area (Å²) in [4.78, 5) is 0. The molecule has 0 aromatic rings. The predicted octanol–water partition coefficient (Wildman–Crippen LogP) is 1.83. The molecule has 0 aromatic heterocycles. The number of halogens is 2. The summed E-state index contributed by atoms with van der Waals surface area (Å²) in [6.07, 6.45) is 0. The minimum absolute atomic E-state index is 0.0562. The van der Waals surface area contributed by atoms with E-state index in [1.54, 1.807) is 22.0 Å². The van der Waals surface area contributed by atoms with E-state index in [-0.39, 0.29) is 6.45 Å². The zero-order chi connectivity index (χ0) is 3.41. The second-order valence-corrected chi connectivity index (χ2v) is 1.78. The molecule has 0 radical (unpaired) electrons. The molecule has 4 heteroatoms. The minimum atomic E-state index is -0.0562. The molecule has 0 aliphatic carbocycles. The summed E-state index contributed by atoms with van der Waals surface area (Å²) in [6, 6.07) is 0. The maximum absolute atomic E-state index is 10.2. The van der Waals surface area contributed by atoms with Gasteiger partial charge < -0.3 is 0 Å². The SMILES string of the molecule is FOPI. The normalized spacial score (nSPS) is 10.5. The number of hydrogen-bond donors (Lipinski definition) is 0. The molecule has 0 aliphatic rings. The first kappa shape index (κ1) is 5.05. The molecule has 26 valence electrons. The highest BCUT2D eigenvalue weighted by Crippen LogP contribution is 2.20. The molecule has 1 atom stereocenters. The fourth-order valence-corrected chi connectivity index (χ4v) is 0. The van der Waals surface area contributed by atoms with Gasteiger partial charge in [0.1, 0.15) is 6.45 Å². The molecule has 0 fully saturated rings. The Hall–Kier alpha value is 1.05. The van der Waals surface area contributed by atoms with Gasteiger partial charge in [0.05, 0.1) is 0 Å². The van der Waals surface area contributed by atoms with Crippen LogP contribution in [0.1, 0.15) is 0 Å². The van der Waals surface area contributed by atoms with E-state index in [1.165, 1.54) is 0 Å². The Morgan fingerprint density at radius 3 is 2.25 bits per heavy atom. The van der Waals surface area contributed by atoms with E-state index in [1.807, 2.05) is 0 Å². The van der Waals surface area contributed by atoms with Crippen LogP contribution in [0.2, 0.25) is 0 Å². The first-order chi connectivity index (χ1) is 1.91. The Morgan fingerprint density at radius 1 is 2.00 bits per heavy atom. The van der Waals surface area contributed by atoms with Crippen LogP contribution in [-0.2, 0) is 4.73 Å². The highest BCUT2D eigenvalue weighted by molar-refractivity contribution is 14.2. The Morgan fingerprint density at radius 2 is 2.25 bits per heavy atom. The second-order valence-electron chi connectivity index (χ2n) is 0.154. The van der Waals surface area contributed by atoms with Gasteiger partial charge in [-0.2, -0.15) is 4.73 Å². The third kappa shape index (κ3) is 3.05. The van der Waals surface area contributed by atoms with E-state index in [0.29, 0.717) is 0 Å². The Labute approximate surface area is 38.2 Å². The smallest absolute Gasteiger partial charge is 0.127 e.